The van der Waals surface area contributed by atoms with Crippen molar-refractivity contribution in [2.75, 3.05) is 15.1 Å². The molecule has 2 aliphatic heterocycles. The molecule has 1 N–H and O–H groups in total. The van der Waals surface area contributed by atoms with Gasteiger partial charge in [0.05, 0.1) is 11.4 Å². The van der Waals surface area contributed by atoms with Crippen LogP contribution < -0.4 is 15.1 Å². The molecule has 0 saturated heterocycles. The van der Waals surface area contributed by atoms with Crippen LogP contribution in [0.5, 0.6) is 0 Å². The van der Waals surface area contributed by atoms with E-state index in [0.717, 1.165) is 34.1 Å². The third-order valence-electron chi connectivity index (χ3n) is 3.64. The topological polar surface area (TPSA) is 104 Å². The number of imide groups is 2. The average molecular weight is 339 g/mol. The highest BCUT2D eigenvalue weighted by atomic mass is 16.2. The van der Waals surface area contributed by atoms with Gasteiger partial charge in [-0.2, -0.15) is 0 Å². The molecule has 126 valence electrons. The van der Waals surface area contributed by atoms with Gasteiger partial charge < -0.3 is 5.32 Å². The van der Waals surface area contributed by atoms with Gasteiger partial charge in [0.25, 0.3) is 23.6 Å². The van der Waals surface area contributed by atoms with Crippen molar-refractivity contribution in [3.8, 4) is 0 Å². The Bertz CT molecular complexity index is 788. The Labute approximate surface area is 142 Å². The van der Waals surface area contributed by atoms with Crippen LogP contribution in [0.2, 0.25) is 0 Å². The Morgan fingerprint density at radius 2 is 1.20 bits per heavy atom. The number of anilines is 3. The average Bonchev–Trinajstić information content (AvgIpc) is 3.08. The minimum Gasteiger partial charge on any atom is -0.326 e. The first kappa shape index (κ1) is 16.3. The molecule has 8 nitrogen and oxygen atoms in total. The fourth-order valence-corrected chi connectivity index (χ4v) is 2.48. The maximum Gasteiger partial charge on any atom is 0.258 e. The first-order chi connectivity index (χ1) is 11.9. The molecule has 0 fully saturated rings. The fourth-order valence-electron chi connectivity index (χ4n) is 2.48. The molecule has 5 amide bonds. The van der Waals surface area contributed by atoms with Crippen LogP contribution in [0, 0.1) is 0 Å². The zero-order valence-electron chi connectivity index (χ0n) is 13.2. The summed E-state index contributed by atoms with van der Waals surface area (Å²) in [4.78, 5) is 61.1. The van der Waals surface area contributed by atoms with Gasteiger partial charge in [-0.3, -0.25) is 24.0 Å². The number of hydrogen-bond acceptors (Lipinski definition) is 5. The summed E-state index contributed by atoms with van der Waals surface area (Å²) in [7, 11) is 0. The number of hydrogen-bond donors (Lipinski definition) is 1. The number of benzene rings is 1. The lowest BCUT2D eigenvalue weighted by atomic mass is 10.2. The highest BCUT2D eigenvalue weighted by molar-refractivity contribution is 6.30. The number of amides is 5. The van der Waals surface area contributed by atoms with Gasteiger partial charge in [0, 0.05) is 36.4 Å². The van der Waals surface area contributed by atoms with Crippen LogP contribution in [0.1, 0.15) is 13.3 Å². The van der Waals surface area contributed by atoms with Gasteiger partial charge >= 0.3 is 0 Å². The first-order valence-corrected chi connectivity index (χ1v) is 7.48. The van der Waals surface area contributed by atoms with Crippen molar-refractivity contribution in [1.82, 2.24) is 0 Å². The predicted octanol–water partition coefficient (Wildman–Crippen LogP) is 0.894. The van der Waals surface area contributed by atoms with Gasteiger partial charge in [-0.05, 0) is 18.2 Å². The summed E-state index contributed by atoms with van der Waals surface area (Å²) in [5.41, 5.74) is 0.562. The van der Waals surface area contributed by atoms with Gasteiger partial charge in [-0.25, -0.2) is 9.80 Å². The lowest BCUT2D eigenvalue weighted by molar-refractivity contribution is -0.121. The Kier molecular flexibility index (Phi) is 4.02. The molecule has 25 heavy (non-hydrogen) atoms. The second-order valence-corrected chi connectivity index (χ2v) is 5.33. The second-order valence-electron chi connectivity index (χ2n) is 5.33. The van der Waals surface area contributed by atoms with E-state index in [-0.39, 0.29) is 29.4 Å². The summed E-state index contributed by atoms with van der Waals surface area (Å²) in [6, 6.07) is 4.23. The van der Waals surface area contributed by atoms with Crippen molar-refractivity contribution in [3.05, 3.63) is 42.5 Å². The molecule has 0 radical (unpaired) electrons. The Morgan fingerprint density at radius 3 is 1.56 bits per heavy atom. The van der Waals surface area contributed by atoms with Crippen molar-refractivity contribution in [2.24, 2.45) is 0 Å². The van der Waals surface area contributed by atoms with E-state index in [1.54, 1.807) is 6.92 Å². The smallest absolute Gasteiger partial charge is 0.258 e. The summed E-state index contributed by atoms with van der Waals surface area (Å²) in [6.45, 7) is 1.66. The van der Waals surface area contributed by atoms with E-state index >= 15 is 0 Å². The molecule has 0 aliphatic carbocycles. The standard InChI is InChI=1S/C17H13N3O5/c1-2-13(21)18-10-7-11(19-14(22)3-4-15(19)23)9-12(8-10)20-16(24)5-6-17(20)25/h3-9H,2H2,1H3,(H,18,21). The maximum atomic E-state index is 11.9. The molecule has 0 atom stereocenters. The van der Waals surface area contributed by atoms with Crippen LogP contribution in [-0.4, -0.2) is 29.5 Å². The quantitative estimate of drug-likeness (QED) is 0.821. The highest BCUT2D eigenvalue weighted by Crippen LogP contribution is 2.31. The van der Waals surface area contributed by atoms with Crippen molar-refractivity contribution in [1.29, 1.82) is 0 Å². The number of nitrogens with one attached hydrogen (secondary N) is 1. The van der Waals surface area contributed by atoms with E-state index < -0.39 is 23.6 Å². The zero-order chi connectivity index (χ0) is 18.1. The molecule has 0 spiro atoms. The molecule has 1 aromatic rings. The third-order valence-corrected chi connectivity index (χ3v) is 3.64. The van der Waals surface area contributed by atoms with E-state index in [1.807, 2.05) is 0 Å². The van der Waals surface area contributed by atoms with Gasteiger partial charge in [-0.15, -0.1) is 0 Å². The summed E-state index contributed by atoms with van der Waals surface area (Å²) in [6.07, 6.45) is 4.69. The number of rotatable bonds is 4. The molecule has 0 unspecified atom stereocenters. The first-order valence-electron chi connectivity index (χ1n) is 7.48. The zero-order valence-corrected chi connectivity index (χ0v) is 13.2. The van der Waals surface area contributed by atoms with Crippen molar-refractivity contribution >= 4 is 46.6 Å². The van der Waals surface area contributed by atoms with Crippen LogP contribution >= 0.6 is 0 Å². The normalized spacial score (nSPS) is 16.4. The lowest BCUT2D eigenvalue weighted by Crippen LogP contribution is -2.32. The monoisotopic (exact) mass is 339 g/mol. The van der Waals surface area contributed by atoms with E-state index in [2.05, 4.69) is 5.32 Å². The molecule has 1 aromatic carbocycles. The van der Waals surface area contributed by atoms with E-state index in [4.69, 9.17) is 0 Å². The van der Waals surface area contributed by atoms with Crippen LogP contribution in [-0.2, 0) is 24.0 Å². The minimum atomic E-state index is -0.549. The van der Waals surface area contributed by atoms with E-state index in [1.165, 1.54) is 18.2 Å². The van der Waals surface area contributed by atoms with E-state index in [0.29, 0.717) is 0 Å². The van der Waals surface area contributed by atoms with Crippen molar-refractivity contribution in [2.45, 2.75) is 13.3 Å². The second kappa shape index (κ2) is 6.16. The lowest BCUT2D eigenvalue weighted by Gasteiger charge is -2.20. The Hall–Kier alpha value is -3.55. The molecule has 2 heterocycles. The Balaban J connectivity index is 2.07. The fraction of sp³-hybridized carbons (Fsp3) is 0.118. The van der Waals surface area contributed by atoms with Gasteiger partial charge in [0.1, 0.15) is 0 Å². The number of carbonyl (C=O) groups excluding carboxylic acids is 5. The van der Waals surface area contributed by atoms with Gasteiger partial charge in [0.2, 0.25) is 5.91 Å². The van der Waals surface area contributed by atoms with Crippen LogP contribution in [0.4, 0.5) is 17.1 Å². The third kappa shape index (κ3) is 2.97. The minimum absolute atomic E-state index is 0.149. The van der Waals surface area contributed by atoms with E-state index in [9.17, 15) is 24.0 Å². The molecule has 8 heteroatoms. The molecular weight excluding hydrogens is 326 g/mol. The van der Waals surface area contributed by atoms with Gasteiger partial charge in [0.15, 0.2) is 0 Å². The van der Waals surface area contributed by atoms with Crippen LogP contribution in [0.25, 0.3) is 0 Å². The van der Waals surface area contributed by atoms with Crippen molar-refractivity contribution < 1.29 is 24.0 Å². The molecule has 2 aliphatic rings. The molecule has 0 saturated carbocycles. The summed E-state index contributed by atoms with van der Waals surface area (Å²) >= 11 is 0. The molecule has 0 aromatic heterocycles. The molecular formula is C17H13N3O5. The van der Waals surface area contributed by atoms with Crippen LogP contribution in [0.15, 0.2) is 42.5 Å². The number of nitrogens with zero attached hydrogens (tertiary/aromatic N) is 2. The van der Waals surface area contributed by atoms with Gasteiger partial charge in [-0.1, -0.05) is 6.92 Å². The Morgan fingerprint density at radius 1 is 0.800 bits per heavy atom. The highest BCUT2D eigenvalue weighted by Gasteiger charge is 2.29. The molecule has 3 rings (SSSR count). The SMILES string of the molecule is CCC(=O)Nc1cc(N2C(=O)C=CC2=O)cc(N2C(=O)C=CC2=O)c1. The largest absolute Gasteiger partial charge is 0.326 e. The number of carbonyl (C=O) groups is 5. The summed E-state index contributed by atoms with van der Waals surface area (Å²) in [5, 5.41) is 2.60. The predicted molar refractivity (Wildman–Crippen MR) is 88.6 cm³/mol. The molecule has 0 bridgehead atoms. The summed E-state index contributed by atoms with van der Waals surface area (Å²) in [5.74, 6) is -2.49. The van der Waals surface area contributed by atoms with Crippen LogP contribution in [0.3, 0.4) is 0 Å². The maximum absolute atomic E-state index is 11.9. The van der Waals surface area contributed by atoms with Crippen molar-refractivity contribution in [3.63, 3.8) is 0 Å². The summed E-state index contributed by atoms with van der Waals surface area (Å²) < 4.78 is 0.